The van der Waals surface area contributed by atoms with Gasteiger partial charge in [-0.3, -0.25) is 10.1 Å². The lowest BCUT2D eigenvalue weighted by molar-refractivity contribution is -0.384. The number of nitrogens with one attached hydrogen (secondary N) is 1. The van der Waals surface area contributed by atoms with Gasteiger partial charge in [0.25, 0.3) is 5.69 Å². The smallest absolute Gasteiger partial charge is 0.269 e. The van der Waals surface area contributed by atoms with Crippen LogP contribution in [0.25, 0.3) is 0 Å². The Morgan fingerprint density at radius 2 is 2.19 bits per heavy atom. The molecule has 0 saturated heterocycles. The van der Waals surface area contributed by atoms with Crippen molar-refractivity contribution in [2.24, 2.45) is 0 Å². The zero-order valence-electron chi connectivity index (χ0n) is 11.8. The van der Waals surface area contributed by atoms with Crippen molar-refractivity contribution in [2.75, 3.05) is 11.9 Å². The van der Waals surface area contributed by atoms with Crippen LogP contribution in [0, 0.1) is 10.1 Å². The summed E-state index contributed by atoms with van der Waals surface area (Å²) in [4.78, 5) is 14.8. The number of non-ortho nitro benzene ring substituents is 1. The van der Waals surface area contributed by atoms with E-state index in [2.05, 4.69) is 17.2 Å². The number of anilines is 1. The predicted molar refractivity (Wildman–Crippen MR) is 85.7 cm³/mol. The molecule has 0 aliphatic rings. The minimum atomic E-state index is -0.363. The van der Waals surface area contributed by atoms with Crippen LogP contribution in [0.3, 0.4) is 0 Å². The monoisotopic (exact) mass is 303 g/mol. The SMILES string of the molecule is CCCNc1ccc([N+](=O)[O-])cc1CSc1ccccn1. The largest absolute Gasteiger partial charge is 0.385 e. The highest BCUT2D eigenvalue weighted by molar-refractivity contribution is 7.98. The third kappa shape index (κ3) is 4.46. The maximum atomic E-state index is 10.9. The second-order valence-corrected chi connectivity index (χ2v) is 5.48. The van der Waals surface area contributed by atoms with E-state index in [1.165, 1.54) is 6.07 Å². The van der Waals surface area contributed by atoms with Gasteiger partial charge in [0.1, 0.15) is 0 Å². The van der Waals surface area contributed by atoms with Gasteiger partial charge in [0, 0.05) is 36.3 Å². The summed E-state index contributed by atoms with van der Waals surface area (Å²) in [6.07, 6.45) is 2.75. The molecule has 0 aliphatic carbocycles. The molecule has 2 aromatic rings. The predicted octanol–water partition coefficient (Wildman–Crippen LogP) is 4.10. The number of aromatic nitrogens is 1. The van der Waals surface area contributed by atoms with Crippen LogP contribution in [0.5, 0.6) is 0 Å². The van der Waals surface area contributed by atoms with Crippen LogP contribution in [0.1, 0.15) is 18.9 Å². The van der Waals surface area contributed by atoms with Gasteiger partial charge < -0.3 is 5.32 Å². The fourth-order valence-electron chi connectivity index (χ4n) is 1.83. The summed E-state index contributed by atoms with van der Waals surface area (Å²) < 4.78 is 0. The number of nitro benzene ring substituents is 1. The molecule has 0 atom stereocenters. The summed E-state index contributed by atoms with van der Waals surface area (Å²) in [5, 5.41) is 15.1. The van der Waals surface area contributed by atoms with Crippen LogP contribution in [-0.4, -0.2) is 16.5 Å². The number of pyridine rings is 1. The highest BCUT2D eigenvalue weighted by atomic mass is 32.2. The Balaban J connectivity index is 2.17. The van der Waals surface area contributed by atoms with Gasteiger partial charge >= 0.3 is 0 Å². The second kappa shape index (κ2) is 7.64. The van der Waals surface area contributed by atoms with Crippen molar-refractivity contribution >= 4 is 23.1 Å². The van der Waals surface area contributed by atoms with Crippen molar-refractivity contribution in [3.05, 3.63) is 58.3 Å². The average molecular weight is 303 g/mol. The zero-order chi connectivity index (χ0) is 15.1. The second-order valence-electron chi connectivity index (χ2n) is 4.48. The molecule has 0 aliphatic heterocycles. The molecule has 0 radical (unpaired) electrons. The Morgan fingerprint density at radius 3 is 2.86 bits per heavy atom. The van der Waals surface area contributed by atoms with Gasteiger partial charge in [-0.2, -0.15) is 0 Å². The van der Waals surface area contributed by atoms with Crippen molar-refractivity contribution in [3.63, 3.8) is 0 Å². The fourth-order valence-corrected chi connectivity index (χ4v) is 2.68. The number of benzene rings is 1. The van der Waals surface area contributed by atoms with E-state index in [0.717, 1.165) is 29.2 Å². The van der Waals surface area contributed by atoms with Crippen LogP contribution < -0.4 is 5.32 Å². The maximum Gasteiger partial charge on any atom is 0.269 e. The minimum Gasteiger partial charge on any atom is -0.385 e. The Kier molecular flexibility index (Phi) is 5.57. The Morgan fingerprint density at radius 1 is 1.33 bits per heavy atom. The highest BCUT2D eigenvalue weighted by Gasteiger charge is 2.11. The van der Waals surface area contributed by atoms with Crippen molar-refractivity contribution in [1.29, 1.82) is 0 Å². The molecule has 1 aromatic carbocycles. The Labute approximate surface area is 127 Å². The summed E-state index contributed by atoms with van der Waals surface area (Å²) in [5.74, 6) is 0.644. The minimum absolute atomic E-state index is 0.119. The van der Waals surface area contributed by atoms with Gasteiger partial charge in [0.05, 0.1) is 9.95 Å². The molecule has 6 heteroatoms. The number of hydrogen-bond donors (Lipinski definition) is 1. The van der Waals surface area contributed by atoms with Gasteiger partial charge in [-0.1, -0.05) is 13.0 Å². The van der Waals surface area contributed by atoms with Crippen molar-refractivity contribution in [1.82, 2.24) is 4.98 Å². The number of hydrogen-bond acceptors (Lipinski definition) is 5. The lowest BCUT2D eigenvalue weighted by atomic mass is 10.1. The molecule has 1 heterocycles. The topological polar surface area (TPSA) is 68.1 Å². The number of nitrogens with zero attached hydrogens (tertiary/aromatic N) is 2. The van der Waals surface area contributed by atoms with E-state index < -0.39 is 0 Å². The van der Waals surface area contributed by atoms with Crippen LogP contribution in [0.2, 0.25) is 0 Å². The summed E-state index contributed by atoms with van der Waals surface area (Å²) >= 11 is 1.57. The number of thioether (sulfide) groups is 1. The summed E-state index contributed by atoms with van der Waals surface area (Å²) in [6.45, 7) is 2.93. The zero-order valence-corrected chi connectivity index (χ0v) is 12.6. The molecular formula is C15H17N3O2S. The van der Waals surface area contributed by atoms with Crippen molar-refractivity contribution in [2.45, 2.75) is 24.1 Å². The van der Waals surface area contributed by atoms with E-state index in [-0.39, 0.29) is 10.6 Å². The first-order chi connectivity index (χ1) is 10.2. The first-order valence-electron chi connectivity index (χ1n) is 6.75. The molecule has 21 heavy (non-hydrogen) atoms. The van der Waals surface area contributed by atoms with E-state index in [4.69, 9.17) is 0 Å². The lowest BCUT2D eigenvalue weighted by Gasteiger charge is -2.11. The molecule has 1 aromatic heterocycles. The normalized spacial score (nSPS) is 10.3. The van der Waals surface area contributed by atoms with Gasteiger partial charge in [0.15, 0.2) is 0 Å². The summed E-state index contributed by atoms with van der Waals surface area (Å²) in [5.41, 5.74) is 1.99. The Bertz CT molecular complexity index is 605. The standard InChI is InChI=1S/C15H17N3O2S/c1-2-8-16-14-7-6-13(18(19)20)10-12(14)11-21-15-5-3-4-9-17-15/h3-7,9-10,16H,2,8,11H2,1H3. The van der Waals surface area contributed by atoms with Crippen LogP contribution in [-0.2, 0) is 5.75 Å². The molecule has 0 unspecified atom stereocenters. The summed E-state index contributed by atoms with van der Waals surface area (Å²) in [7, 11) is 0. The first kappa shape index (κ1) is 15.3. The number of nitro groups is 1. The molecule has 0 amide bonds. The van der Waals surface area contributed by atoms with Gasteiger partial charge in [-0.05, 0) is 30.2 Å². The average Bonchev–Trinajstić information content (AvgIpc) is 2.52. The van der Waals surface area contributed by atoms with E-state index in [1.807, 2.05) is 18.2 Å². The lowest BCUT2D eigenvalue weighted by Crippen LogP contribution is -2.03. The molecule has 0 spiro atoms. The van der Waals surface area contributed by atoms with E-state index in [1.54, 1.807) is 30.1 Å². The van der Waals surface area contributed by atoms with Gasteiger partial charge in [0.2, 0.25) is 0 Å². The van der Waals surface area contributed by atoms with Crippen molar-refractivity contribution in [3.8, 4) is 0 Å². The molecule has 0 fully saturated rings. The molecule has 2 rings (SSSR count). The van der Waals surface area contributed by atoms with E-state index in [9.17, 15) is 10.1 Å². The van der Waals surface area contributed by atoms with Crippen LogP contribution >= 0.6 is 11.8 Å². The molecule has 110 valence electrons. The molecule has 0 saturated carbocycles. The van der Waals surface area contributed by atoms with Gasteiger partial charge in [-0.15, -0.1) is 11.8 Å². The highest BCUT2D eigenvalue weighted by Crippen LogP contribution is 2.28. The molecule has 5 nitrogen and oxygen atoms in total. The molecule has 1 N–H and O–H groups in total. The quantitative estimate of drug-likeness (QED) is 0.474. The third-order valence-corrected chi connectivity index (χ3v) is 3.87. The third-order valence-electron chi connectivity index (χ3n) is 2.88. The fraction of sp³-hybridized carbons (Fsp3) is 0.267. The summed E-state index contributed by atoms with van der Waals surface area (Å²) in [6, 6.07) is 10.7. The Hall–Kier alpha value is -2.08. The van der Waals surface area contributed by atoms with Crippen molar-refractivity contribution < 1.29 is 4.92 Å². The van der Waals surface area contributed by atoms with Crippen LogP contribution in [0.4, 0.5) is 11.4 Å². The van der Waals surface area contributed by atoms with E-state index >= 15 is 0 Å². The first-order valence-corrected chi connectivity index (χ1v) is 7.74. The molecule has 0 bridgehead atoms. The van der Waals surface area contributed by atoms with E-state index in [0.29, 0.717) is 5.75 Å². The maximum absolute atomic E-state index is 10.9. The number of rotatable bonds is 7. The van der Waals surface area contributed by atoms with Crippen LogP contribution in [0.15, 0.2) is 47.6 Å². The molecular weight excluding hydrogens is 286 g/mol. The van der Waals surface area contributed by atoms with Gasteiger partial charge in [-0.25, -0.2) is 4.98 Å².